The maximum Gasteiger partial charge on any atom is 0.147 e. The van der Waals surface area contributed by atoms with Crippen LogP contribution in [0.25, 0.3) is 10.2 Å². The van der Waals surface area contributed by atoms with Gasteiger partial charge in [0.05, 0.1) is 16.8 Å². The first kappa shape index (κ1) is 11.7. The van der Waals surface area contributed by atoms with E-state index in [4.69, 9.17) is 4.74 Å². The number of thiophene rings is 1. The van der Waals surface area contributed by atoms with Crippen LogP contribution in [0.15, 0.2) is 42.0 Å². The molecular weight excluding hydrogens is 270 g/mol. The molecule has 2 aromatic heterocycles. The minimum atomic E-state index is 0.164. The highest BCUT2D eigenvalue weighted by atomic mass is 32.1. The number of ether oxygens (including phenoxy) is 1. The lowest BCUT2D eigenvalue weighted by Crippen LogP contribution is -2.24. The van der Waals surface area contributed by atoms with Gasteiger partial charge < -0.3 is 10.1 Å². The van der Waals surface area contributed by atoms with E-state index in [1.807, 2.05) is 23.6 Å². The summed E-state index contributed by atoms with van der Waals surface area (Å²) < 4.78 is 7.02. The summed E-state index contributed by atoms with van der Waals surface area (Å²) in [6.07, 6.45) is 2.71. The lowest BCUT2D eigenvalue weighted by atomic mass is 10.1. The van der Waals surface area contributed by atoms with Gasteiger partial charge >= 0.3 is 0 Å². The lowest BCUT2D eigenvalue weighted by Gasteiger charge is -2.12. The monoisotopic (exact) mass is 283 g/mol. The molecular formula is C15H13N3OS. The summed E-state index contributed by atoms with van der Waals surface area (Å²) in [7, 11) is 0. The highest BCUT2D eigenvalue weighted by Crippen LogP contribution is 2.29. The SMILES string of the molecule is c1ccc2c(c1)C[C@H](CNc1ncnc3ccsc13)O2. The van der Waals surface area contributed by atoms with Crippen molar-refractivity contribution in [3.63, 3.8) is 0 Å². The van der Waals surface area contributed by atoms with Crippen molar-refractivity contribution < 1.29 is 4.74 Å². The number of anilines is 1. The van der Waals surface area contributed by atoms with E-state index >= 15 is 0 Å². The summed E-state index contributed by atoms with van der Waals surface area (Å²) in [6.45, 7) is 0.749. The van der Waals surface area contributed by atoms with Crippen molar-refractivity contribution in [3.05, 3.63) is 47.6 Å². The van der Waals surface area contributed by atoms with Crippen LogP contribution in [0.1, 0.15) is 5.56 Å². The molecule has 0 amide bonds. The molecule has 0 bridgehead atoms. The quantitative estimate of drug-likeness (QED) is 0.802. The molecule has 0 aliphatic carbocycles. The molecule has 1 aliphatic heterocycles. The molecule has 1 N–H and O–H groups in total. The summed E-state index contributed by atoms with van der Waals surface area (Å²) in [5, 5.41) is 5.42. The first-order chi connectivity index (χ1) is 9.90. The van der Waals surface area contributed by atoms with Crippen LogP contribution in [0.2, 0.25) is 0 Å². The van der Waals surface area contributed by atoms with Gasteiger partial charge in [-0.2, -0.15) is 0 Å². The lowest BCUT2D eigenvalue weighted by molar-refractivity contribution is 0.246. The Bertz CT molecular complexity index is 730. The third kappa shape index (κ3) is 2.00. The van der Waals surface area contributed by atoms with E-state index in [0.717, 1.165) is 34.7 Å². The Labute approximate surface area is 120 Å². The maximum atomic E-state index is 5.92. The van der Waals surface area contributed by atoms with Gasteiger partial charge in [0.25, 0.3) is 0 Å². The zero-order chi connectivity index (χ0) is 13.4. The van der Waals surface area contributed by atoms with Crippen molar-refractivity contribution in [1.82, 2.24) is 9.97 Å². The van der Waals surface area contributed by atoms with Crippen molar-refractivity contribution in [1.29, 1.82) is 0 Å². The third-order valence-corrected chi connectivity index (χ3v) is 4.36. The van der Waals surface area contributed by atoms with E-state index in [1.165, 1.54) is 5.56 Å². The first-order valence-electron chi connectivity index (χ1n) is 6.57. The molecule has 0 saturated carbocycles. The standard InChI is InChI=1S/C15H13N3OS/c1-2-4-13-10(3-1)7-11(19-13)8-16-15-14-12(5-6-20-14)17-9-18-15/h1-6,9,11H,7-8H2,(H,16,17,18)/t11-/m1/s1. The number of rotatable bonds is 3. The summed E-state index contributed by atoms with van der Waals surface area (Å²) in [5.74, 6) is 1.90. The van der Waals surface area contributed by atoms with Crippen LogP contribution >= 0.6 is 11.3 Å². The molecule has 0 unspecified atom stereocenters. The van der Waals surface area contributed by atoms with Crippen LogP contribution in [0, 0.1) is 0 Å². The first-order valence-corrected chi connectivity index (χ1v) is 7.45. The van der Waals surface area contributed by atoms with Crippen LogP contribution < -0.4 is 10.1 Å². The average molecular weight is 283 g/mol. The van der Waals surface area contributed by atoms with E-state index in [-0.39, 0.29) is 6.10 Å². The third-order valence-electron chi connectivity index (χ3n) is 3.45. The van der Waals surface area contributed by atoms with Crippen molar-refractivity contribution in [3.8, 4) is 5.75 Å². The predicted octanol–water partition coefficient (Wildman–Crippen LogP) is 3.11. The number of aromatic nitrogens is 2. The van der Waals surface area contributed by atoms with E-state index in [0.29, 0.717) is 0 Å². The van der Waals surface area contributed by atoms with Gasteiger partial charge in [-0.1, -0.05) is 18.2 Å². The molecule has 4 rings (SSSR count). The molecule has 20 heavy (non-hydrogen) atoms. The Hall–Kier alpha value is -2.14. The normalized spacial score (nSPS) is 16.9. The second kappa shape index (κ2) is 4.76. The smallest absolute Gasteiger partial charge is 0.147 e. The Morgan fingerprint density at radius 1 is 1.25 bits per heavy atom. The molecule has 1 aromatic carbocycles. The fourth-order valence-electron chi connectivity index (χ4n) is 2.49. The molecule has 3 aromatic rings. The van der Waals surface area contributed by atoms with Crippen LogP contribution in [0.5, 0.6) is 5.75 Å². The molecule has 3 heterocycles. The molecule has 1 aliphatic rings. The van der Waals surface area contributed by atoms with E-state index in [1.54, 1.807) is 17.7 Å². The maximum absolute atomic E-state index is 5.92. The topological polar surface area (TPSA) is 47.0 Å². The summed E-state index contributed by atoms with van der Waals surface area (Å²) in [4.78, 5) is 8.56. The number of hydrogen-bond acceptors (Lipinski definition) is 5. The number of fused-ring (bicyclic) bond motifs is 2. The fraction of sp³-hybridized carbons (Fsp3) is 0.200. The van der Waals surface area contributed by atoms with Gasteiger partial charge in [0, 0.05) is 6.42 Å². The highest BCUT2D eigenvalue weighted by molar-refractivity contribution is 7.17. The number of para-hydroxylation sites is 1. The van der Waals surface area contributed by atoms with Gasteiger partial charge in [-0.3, -0.25) is 0 Å². The van der Waals surface area contributed by atoms with Crippen molar-refractivity contribution >= 4 is 27.4 Å². The molecule has 0 radical (unpaired) electrons. The number of nitrogens with zero attached hydrogens (tertiary/aromatic N) is 2. The zero-order valence-electron chi connectivity index (χ0n) is 10.7. The molecule has 5 heteroatoms. The van der Waals surface area contributed by atoms with Gasteiger partial charge in [-0.05, 0) is 23.1 Å². The van der Waals surface area contributed by atoms with Crippen molar-refractivity contribution in [2.24, 2.45) is 0 Å². The molecule has 100 valence electrons. The van der Waals surface area contributed by atoms with E-state index in [9.17, 15) is 0 Å². The summed E-state index contributed by atoms with van der Waals surface area (Å²) in [5.41, 5.74) is 2.27. The Kier molecular flexibility index (Phi) is 2.77. The number of benzene rings is 1. The summed E-state index contributed by atoms with van der Waals surface area (Å²) >= 11 is 1.66. The second-order valence-corrected chi connectivity index (χ2v) is 5.71. The summed E-state index contributed by atoms with van der Waals surface area (Å²) in [6, 6.07) is 10.2. The van der Waals surface area contributed by atoms with E-state index < -0.39 is 0 Å². The minimum absolute atomic E-state index is 0.164. The minimum Gasteiger partial charge on any atom is -0.488 e. The largest absolute Gasteiger partial charge is 0.488 e. The second-order valence-electron chi connectivity index (χ2n) is 4.79. The van der Waals surface area contributed by atoms with Gasteiger partial charge in [0.1, 0.15) is 24.0 Å². The van der Waals surface area contributed by atoms with Crippen molar-refractivity contribution in [2.45, 2.75) is 12.5 Å². The van der Waals surface area contributed by atoms with Gasteiger partial charge in [-0.25, -0.2) is 9.97 Å². The number of nitrogens with one attached hydrogen (secondary N) is 1. The van der Waals surface area contributed by atoms with Crippen molar-refractivity contribution in [2.75, 3.05) is 11.9 Å². The number of hydrogen-bond donors (Lipinski definition) is 1. The molecule has 4 nitrogen and oxygen atoms in total. The molecule has 1 atom stereocenters. The molecule has 0 saturated heterocycles. The average Bonchev–Trinajstić information content (AvgIpc) is 3.11. The van der Waals surface area contributed by atoms with Crippen LogP contribution in [0.4, 0.5) is 5.82 Å². The molecule has 0 spiro atoms. The Morgan fingerprint density at radius 2 is 2.20 bits per heavy atom. The van der Waals surface area contributed by atoms with Gasteiger partial charge in [0.15, 0.2) is 0 Å². The highest BCUT2D eigenvalue weighted by Gasteiger charge is 2.22. The van der Waals surface area contributed by atoms with Crippen LogP contribution in [-0.4, -0.2) is 22.6 Å². The van der Waals surface area contributed by atoms with Gasteiger partial charge in [0.2, 0.25) is 0 Å². The zero-order valence-corrected chi connectivity index (χ0v) is 11.6. The molecule has 0 fully saturated rings. The van der Waals surface area contributed by atoms with Gasteiger partial charge in [-0.15, -0.1) is 11.3 Å². The Balaban J connectivity index is 1.48. The fourth-order valence-corrected chi connectivity index (χ4v) is 3.30. The van der Waals surface area contributed by atoms with E-state index in [2.05, 4.69) is 27.4 Å². The predicted molar refractivity (Wildman–Crippen MR) is 80.5 cm³/mol. The van der Waals surface area contributed by atoms with Crippen LogP contribution in [0.3, 0.4) is 0 Å². The van der Waals surface area contributed by atoms with Crippen LogP contribution in [-0.2, 0) is 6.42 Å². The Morgan fingerprint density at radius 3 is 3.15 bits per heavy atom.